The molecule has 0 fully saturated rings. The summed E-state index contributed by atoms with van der Waals surface area (Å²) in [5.74, 6) is -1.26. The molecule has 0 bridgehead atoms. The molecule has 0 saturated heterocycles. The summed E-state index contributed by atoms with van der Waals surface area (Å²) in [5.41, 5.74) is 6.68. The number of rotatable bonds is 4. The zero-order valence-corrected chi connectivity index (χ0v) is 12.7. The van der Waals surface area contributed by atoms with Gasteiger partial charge in [0.15, 0.2) is 9.84 Å². The normalized spacial score (nSPS) is 11.2. The summed E-state index contributed by atoms with van der Waals surface area (Å²) in [4.78, 5) is 11.0. The molecule has 2 N–H and O–H groups in total. The minimum absolute atomic E-state index is 0.0764. The first-order chi connectivity index (χ1) is 10.2. The van der Waals surface area contributed by atoms with Crippen LogP contribution in [-0.2, 0) is 14.6 Å². The van der Waals surface area contributed by atoms with Crippen molar-refractivity contribution in [1.82, 2.24) is 0 Å². The molecule has 0 spiro atoms. The van der Waals surface area contributed by atoms with Crippen LogP contribution in [0.4, 0.5) is 4.39 Å². The third kappa shape index (κ3) is 3.23. The Balaban J connectivity index is 2.41. The lowest BCUT2D eigenvalue weighted by Gasteiger charge is -2.07. The summed E-state index contributed by atoms with van der Waals surface area (Å²) in [5, 5.41) is 0. The molecule has 0 saturated carbocycles. The molecule has 114 valence electrons. The Morgan fingerprint density at radius 3 is 2.18 bits per heavy atom. The largest absolute Gasteiger partial charge is 0.366 e. The monoisotopic (exact) mass is 319 g/mol. The standard InChI is InChI=1S/C16H14FNO3S/c1-10(16(18)19)11-3-5-12(6-4-11)14-8-7-13(9-15(14)17)22(2,20)21/h3-9H,1H2,2H3,(H2,18,19). The van der Waals surface area contributed by atoms with Gasteiger partial charge in [0, 0.05) is 17.4 Å². The molecule has 0 atom stereocenters. The van der Waals surface area contributed by atoms with Crippen molar-refractivity contribution in [2.75, 3.05) is 6.26 Å². The molecule has 2 aromatic rings. The number of primary amides is 1. The zero-order valence-electron chi connectivity index (χ0n) is 11.8. The maximum Gasteiger partial charge on any atom is 0.248 e. The molecule has 0 radical (unpaired) electrons. The van der Waals surface area contributed by atoms with Crippen molar-refractivity contribution >= 4 is 21.3 Å². The Labute approximate surface area is 128 Å². The predicted molar refractivity (Wildman–Crippen MR) is 83.2 cm³/mol. The summed E-state index contributed by atoms with van der Waals surface area (Å²) < 4.78 is 36.9. The lowest BCUT2D eigenvalue weighted by atomic mass is 10.0. The van der Waals surface area contributed by atoms with Crippen molar-refractivity contribution in [3.8, 4) is 11.1 Å². The number of nitrogens with two attached hydrogens (primary N) is 1. The van der Waals surface area contributed by atoms with Crippen LogP contribution in [0.25, 0.3) is 16.7 Å². The van der Waals surface area contributed by atoms with Gasteiger partial charge in [0.2, 0.25) is 5.91 Å². The van der Waals surface area contributed by atoms with E-state index in [1.807, 2.05) is 0 Å². The number of carbonyl (C=O) groups is 1. The quantitative estimate of drug-likeness (QED) is 0.879. The summed E-state index contributed by atoms with van der Waals surface area (Å²) in [6.07, 6.45) is 1.02. The second-order valence-corrected chi connectivity index (χ2v) is 6.85. The Kier molecular flexibility index (Phi) is 4.14. The van der Waals surface area contributed by atoms with Crippen LogP contribution >= 0.6 is 0 Å². The Hall–Kier alpha value is -2.47. The molecular weight excluding hydrogens is 305 g/mol. The molecule has 6 heteroatoms. The van der Waals surface area contributed by atoms with Crippen LogP contribution in [0.1, 0.15) is 5.56 Å². The van der Waals surface area contributed by atoms with E-state index in [1.165, 1.54) is 12.1 Å². The van der Waals surface area contributed by atoms with E-state index in [-0.39, 0.29) is 16.0 Å². The maximum atomic E-state index is 14.1. The van der Waals surface area contributed by atoms with Crippen molar-refractivity contribution in [2.45, 2.75) is 4.90 Å². The van der Waals surface area contributed by atoms with E-state index < -0.39 is 21.6 Å². The van der Waals surface area contributed by atoms with Gasteiger partial charge in [-0.25, -0.2) is 12.8 Å². The van der Waals surface area contributed by atoms with E-state index in [0.717, 1.165) is 12.3 Å². The highest BCUT2D eigenvalue weighted by molar-refractivity contribution is 7.90. The van der Waals surface area contributed by atoms with Crippen molar-refractivity contribution in [3.63, 3.8) is 0 Å². The van der Waals surface area contributed by atoms with Gasteiger partial charge in [0.05, 0.1) is 4.90 Å². The van der Waals surface area contributed by atoms with Gasteiger partial charge in [-0.1, -0.05) is 36.9 Å². The fraction of sp³-hybridized carbons (Fsp3) is 0.0625. The van der Waals surface area contributed by atoms with Gasteiger partial charge in [-0.05, 0) is 23.3 Å². The Morgan fingerprint density at radius 2 is 1.73 bits per heavy atom. The number of hydrogen-bond acceptors (Lipinski definition) is 3. The smallest absolute Gasteiger partial charge is 0.248 e. The lowest BCUT2D eigenvalue weighted by molar-refractivity contribution is -0.112. The highest BCUT2D eigenvalue weighted by Gasteiger charge is 2.12. The average Bonchev–Trinajstić information content (AvgIpc) is 2.45. The first-order valence-electron chi connectivity index (χ1n) is 6.29. The van der Waals surface area contributed by atoms with E-state index in [4.69, 9.17) is 5.73 Å². The number of sulfone groups is 1. The highest BCUT2D eigenvalue weighted by atomic mass is 32.2. The van der Waals surface area contributed by atoms with Crippen molar-refractivity contribution in [2.24, 2.45) is 5.73 Å². The molecule has 0 unspecified atom stereocenters. The molecule has 22 heavy (non-hydrogen) atoms. The molecule has 1 amide bonds. The molecule has 2 aromatic carbocycles. The van der Waals surface area contributed by atoms with Gasteiger partial charge < -0.3 is 5.73 Å². The van der Waals surface area contributed by atoms with Crippen LogP contribution in [0.3, 0.4) is 0 Å². The molecule has 0 aliphatic heterocycles. The predicted octanol–water partition coefficient (Wildman–Crippen LogP) is 2.39. The number of halogens is 1. The summed E-state index contributed by atoms with van der Waals surface area (Å²) in [7, 11) is -3.45. The first-order valence-corrected chi connectivity index (χ1v) is 8.18. The van der Waals surface area contributed by atoms with Gasteiger partial charge in [0.25, 0.3) is 0 Å². The Bertz CT molecular complexity index is 855. The SMILES string of the molecule is C=C(C(N)=O)c1ccc(-c2ccc(S(C)(=O)=O)cc2F)cc1. The van der Waals surface area contributed by atoms with Crippen LogP contribution in [0.2, 0.25) is 0 Å². The third-order valence-electron chi connectivity index (χ3n) is 3.21. The summed E-state index contributed by atoms with van der Waals surface area (Å²) in [6.45, 7) is 3.57. The second-order valence-electron chi connectivity index (χ2n) is 4.83. The fourth-order valence-electron chi connectivity index (χ4n) is 1.95. The number of amides is 1. The molecule has 2 rings (SSSR count). The Morgan fingerprint density at radius 1 is 1.14 bits per heavy atom. The summed E-state index contributed by atoms with van der Waals surface area (Å²) in [6, 6.07) is 10.2. The minimum Gasteiger partial charge on any atom is -0.366 e. The van der Waals surface area contributed by atoms with Crippen LogP contribution in [0, 0.1) is 5.82 Å². The van der Waals surface area contributed by atoms with Crippen LogP contribution in [0.15, 0.2) is 53.9 Å². The first kappa shape index (κ1) is 15.9. The van der Waals surface area contributed by atoms with Crippen LogP contribution < -0.4 is 5.73 Å². The van der Waals surface area contributed by atoms with E-state index in [2.05, 4.69) is 6.58 Å². The van der Waals surface area contributed by atoms with Gasteiger partial charge in [-0.15, -0.1) is 0 Å². The second kappa shape index (κ2) is 5.73. The average molecular weight is 319 g/mol. The minimum atomic E-state index is -3.45. The van der Waals surface area contributed by atoms with Gasteiger partial charge >= 0.3 is 0 Å². The molecular formula is C16H14FNO3S. The molecule has 0 aliphatic rings. The molecule has 0 aromatic heterocycles. The van der Waals surface area contributed by atoms with E-state index in [1.54, 1.807) is 24.3 Å². The van der Waals surface area contributed by atoms with E-state index in [9.17, 15) is 17.6 Å². The zero-order chi connectivity index (χ0) is 16.5. The van der Waals surface area contributed by atoms with E-state index >= 15 is 0 Å². The van der Waals surface area contributed by atoms with Crippen LogP contribution in [0.5, 0.6) is 0 Å². The summed E-state index contributed by atoms with van der Waals surface area (Å²) >= 11 is 0. The van der Waals surface area contributed by atoms with Gasteiger partial charge in [0.1, 0.15) is 5.82 Å². The molecule has 0 aliphatic carbocycles. The van der Waals surface area contributed by atoms with Crippen LogP contribution in [-0.4, -0.2) is 20.6 Å². The lowest BCUT2D eigenvalue weighted by Crippen LogP contribution is -2.11. The topological polar surface area (TPSA) is 77.2 Å². The van der Waals surface area contributed by atoms with E-state index in [0.29, 0.717) is 11.1 Å². The van der Waals surface area contributed by atoms with Crippen molar-refractivity contribution < 1.29 is 17.6 Å². The fourth-order valence-corrected chi connectivity index (χ4v) is 2.59. The van der Waals surface area contributed by atoms with Gasteiger partial charge in [-0.2, -0.15) is 0 Å². The maximum absolute atomic E-state index is 14.1. The van der Waals surface area contributed by atoms with Crippen molar-refractivity contribution in [1.29, 1.82) is 0 Å². The number of carbonyl (C=O) groups excluding carboxylic acids is 1. The van der Waals surface area contributed by atoms with Crippen molar-refractivity contribution in [3.05, 3.63) is 60.4 Å². The number of hydrogen-bond donors (Lipinski definition) is 1. The number of benzene rings is 2. The third-order valence-corrected chi connectivity index (χ3v) is 4.32. The molecule has 0 heterocycles. The highest BCUT2D eigenvalue weighted by Crippen LogP contribution is 2.26. The molecule has 4 nitrogen and oxygen atoms in total. The van der Waals surface area contributed by atoms with Gasteiger partial charge in [-0.3, -0.25) is 4.79 Å².